The lowest BCUT2D eigenvalue weighted by Crippen LogP contribution is -2.40. The van der Waals surface area contributed by atoms with Crippen LogP contribution in [0.25, 0.3) is 0 Å². The van der Waals surface area contributed by atoms with Crippen LogP contribution in [-0.4, -0.2) is 32.1 Å². The molecule has 2 N–H and O–H groups in total. The minimum absolute atomic E-state index is 0. The van der Waals surface area contributed by atoms with Crippen molar-refractivity contribution in [2.24, 2.45) is 11.8 Å². The van der Waals surface area contributed by atoms with Crippen molar-refractivity contribution in [1.29, 1.82) is 0 Å². The molecular formula is C20H33ClN2O2. The van der Waals surface area contributed by atoms with Crippen LogP contribution in [-0.2, 0) is 11.2 Å². The van der Waals surface area contributed by atoms with E-state index < -0.39 is 0 Å². The summed E-state index contributed by atoms with van der Waals surface area (Å²) in [6.45, 7) is 6.50. The first-order valence-electron chi connectivity index (χ1n) is 9.22. The highest BCUT2D eigenvalue weighted by Gasteiger charge is 2.20. The Hall–Kier alpha value is -1.26. The van der Waals surface area contributed by atoms with Gasteiger partial charge in [0.2, 0.25) is 5.91 Å². The zero-order valence-corrected chi connectivity index (χ0v) is 16.5. The lowest BCUT2D eigenvalue weighted by atomic mass is 9.92. The lowest BCUT2D eigenvalue weighted by Gasteiger charge is -2.25. The van der Waals surface area contributed by atoms with E-state index >= 15 is 0 Å². The number of nitrogens with one attached hydrogen (secondary N) is 2. The van der Waals surface area contributed by atoms with Crippen molar-refractivity contribution in [3.05, 3.63) is 29.8 Å². The molecule has 1 saturated heterocycles. The van der Waals surface area contributed by atoms with E-state index in [9.17, 15) is 4.79 Å². The smallest absolute Gasteiger partial charge is 0.220 e. The Morgan fingerprint density at radius 3 is 2.60 bits per heavy atom. The number of para-hydroxylation sites is 1. The van der Waals surface area contributed by atoms with E-state index in [2.05, 4.69) is 30.5 Å². The van der Waals surface area contributed by atoms with Crippen LogP contribution in [0.15, 0.2) is 24.3 Å². The van der Waals surface area contributed by atoms with Crippen molar-refractivity contribution in [2.75, 3.05) is 20.2 Å². The first kappa shape index (κ1) is 21.8. The topological polar surface area (TPSA) is 50.4 Å². The van der Waals surface area contributed by atoms with Crippen LogP contribution in [0, 0.1) is 11.8 Å². The summed E-state index contributed by atoms with van der Waals surface area (Å²) >= 11 is 0. The fraction of sp³-hybridized carbons (Fsp3) is 0.650. The minimum Gasteiger partial charge on any atom is -0.496 e. The van der Waals surface area contributed by atoms with Gasteiger partial charge in [0.1, 0.15) is 5.75 Å². The van der Waals surface area contributed by atoms with Gasteiger partial charge in [0.05, 0.1) is 7.11 Å². The van der Waals surface area contributed by atoms with Crippen molar-refractivity contribution in [1.82, 2.24) is 10.6 Å². The van der Waals surface area contributed by atoms with E-state index in [1.54, 1.807) is 7.11 Å². The predicted molar refractivity (Wildman–Crippen MR) is 106 cm³/mol. The highest BCUT2D eigenvalue weighted by Crippen LogP contribution is 2.22. The van der Waals surface area contributed by atoms with Crippen molar-refractivity contribution in [3.8, 4) is 5.75 Å². The SMILES string of the molecule is COc1ccccc1CC(NC(=O)CCC1CCNCC1)C(C)C.Cl. The van der Waals surface area contributed by atoms with E-state index in [-0.39, 0.29) is 24.4 Å². The molecule has 0 aromatic heterocycles. The molecule has 1 aromatic rings. The molecule has 1 heterocycles. The summed E-state index contributed by atoms with van der Waals surface area (Å²) in [5.41, 5.74) is 1.15. The number of hydrogen-bond donors (Lipinski definition) is 2. The summed E-state index contributed by atoms with van der Waals surface area (Å²) in [5, 5.41) is 6.62. The average molecular weight is 369 g/mol. The fourth-order valence-corrected chi connectivity index (χ4v) is 3.35. The van der Waals surface area contributed by atoms with Crippen molar-refractivity contribution < 1.29 is 9.53 Å². The Balaban J connectivity index is 0.00000312. The molecule has 1 aromatic carbocycles. The molecule has 0 saturated carbocycles. The second-order valence-electron chi connectivity index (χ2n) is 7.17. The summed E-state index contributed by atoms with van der Waals surface area (Å²) in [6.07, 6.45) is 4.85. The maximum atomic E-state index is 12.4. The molecule has 0 spiro atoms. The van der Waals surface area contributed by atoms with Crippen LogP contribution in [0.2, 0.25) is 0 Å². The quantitative estimate of drug-likeness (QED) is 0.737. The molecule has 1 amide bonds. The Morgan fingerprint density at radius 2 is 1.96 bits per heavy atom. The number of carbonyl (C=O) groups is 1. The van der Waals surface area contributed by atoms with Gasteiger partial charge in [-0.2, -0.15) is 0 Å². The molecule has 1 atom stereocenters. The van der Waals surface area contributed by atoms with Gasteiger partial charge in [0.15, 0.2) is 0 Å². The van der Waals surface area contributed by atoms with Gasteiger partial charge in [-0.3, -0.25) is 4.79 Å². The number of benzene rings is 1. The lowest BCUT2D eigenvalue weighted by molar-refractivity contribution is -0.122. The molecule has 4 nitrogen and oxygen atoms in total. The van der Waals surface area contributed by atoms with Crippen molar-refractivity contribution >= 4 is 18.3 Å². The molecule has 1 aliphatic heterocycles. The Bertz CT molecular complexity index is 516. The zero-order valence-electron chi connectivity index (χ0n) is 15.7. The third-order valence-electron chi connectivity index (χ3n) is 5.02. The van der Waals surface area contributed by atoms with Crippen LogP contribution in [0.4, 0.5) is 0 Å². The Labute approximate surface area is 158 Å². The number of hydrogen-bond acceptors (Lipinski definition) is 3. The number of carbonyl (C=O) groups excluding carboxylic acids is 1. The molecule has 1 unspecified atom stereocenters. The predicted octanol–water partition coefficient (Wildman–Crippen LogP) is 3.58. The minimum atomic E-state index is 0. The molecule has 25 heavy (non-hydrogen) atoms. The fourth-order valence-electron chi connectivity index (χ4n) is 3.35. The van der Waals surface area contributed by atoms with Gasteiger partial charge in [-0.25, -0.2) is 0 Å². The summed E-state index contributed by atoms with van der Waals surface area (Å²) in [4.78, 5) is 12.4. The zero-order chi connectivity index (χ0) is 17.4. The highest BCUT2D eigenvalue weighted by atomic mass is 35.5. The van der Waals surface area contributed by atoms with Gasteiger partial charge < -0.3 is 15.4 Å². The average Bonchev–Trinajstić information content (AvgIpc) is 2.60. The normalized spacial score (nSPS) is 16.2. The first-order valence-corrected chi connectivity index (χ1v) is 9.22. The second-order valence-corrected chi connectivity index (χ2v) is 7.17. The monoisotopic (exact) mass is 368 g/mol. The molecular weight excluding hydrogens is 336 g/mol. The largest absolute Gasteiger partial charge is 0.496 e. The van der Waals surface area contributed by atoms with Gasteiger partial charge in [-0.05, 0) is 62.2 Å². The van der Waals surface area contributed by atoms with Gasteiger partial charge in [-0.15, -0.1) is 12.4 Å². The van der Waals surface area contributed by atoms with E-state index in [1.807, 2.05) is 18.2 Å². The molecule has 2 rings (SSSR count). The number of amides is 1. The van der Waals surface area contributed by atoms with Gasteiger partial charge >= 0.3 is 0 Å². The van der Waals surface area contributed by atoms with Crippen LogP contribution in [0.3, 0.4) is 0 Å². The summed E-state index contributed by atoms with van der Waals surface area (Å²) < 4.78 is 5.44. The molecule has 0 radical (unpaired) electrons. The third-order valence-corrected chi connectivity index (χ3v) is 5.02. The maximum Gasteiger partial charge on any atom is 0.220 e. The van der Waals surface area contributed by atoms with Gasteiger partial charge in [0.25, 0.3) is 0 Å². The van der Waals surface area contributed by atoms with Crippen LogP contribution in [0.1, 0.15) is 45.1 Å². The molecule has 5 heteroatoms. The molecule has 1 aliphatic rings. The van der Waals surface area contributed by atoms with Gasteiger partial charge in [-0.1, -0.05) is 32.0 Å². The Morgan fingerprint density at radius 1 is 1.28 bits per heavy atom. The van der Waals surface area contributed by atoms with E-state index in [0.29, 0.717) is 18.3 Å². The van der Waals surface area contributed by atoms with E-state index in [0.717, 1.165) is 37.2 Å². The standard InChI is InChI=1S/C20H32N2O2.ClH/c1-15(2)18(14-17-6-4-5-7-19(17)24-3)22-20(23)9-8-16-10-12-21-13-11-16;/h4-7,15-16,18,21H,8-14H2,1-3H3,(H,22,23);1H. The second kappa shape index (κ2) is 11.4. The van der Waals surface area contributed by atoms with Crippen LogP contribution >= 0.6 is 12.4 Å². The van der Waals surface area contributed by atoms with Crippen LogP contribution in [0.5, 0.6) is 5.75 Å². The molecule has 0 bridgehead atoms. The Kier molecular flexibility index (Phi) is 9.91. The maximum absolute atomic E-state index is 12.4. The summed E-state index contributed by atoms with van der Waals surface area (Å²) in [6, 6.07) is 8.20. The number of piperidine rings is 1. The van der Waals surface area contributed by atoms with Gasteiger partial charge in [0, 0.05) is 12.5 Å². The number of ether oxygens (including phenoxy) is 1. The molecule has 0 aliphatic carbocycles. The van der Waals surface area contributed by atoms with E-state index in [4.69, 9.17) is 4.74 Å². The number of rotatable bonds is 8. The molecule has 1 fully saturated rings. The number of methoxy groups -OCH3 is 1. The first-order chi connectivity index (χ1) is 11.6. The van der Waals surface area contributed by atoms with Crippen LogP contribution < -0.4 is 15.4 Å². The van der Waals surface area contributed by atoms with Crippen molar-refractivity contribution in [3.63, 3.8) is 0 Å². The highest BCUT2D eigenvalue weighted by molar-refractivity contribution is 5.85. The summed E-state index contributed by atoms with van der Waals surface area (Å²) in [7, 11) is 1.70. The molecule has 142 valence electrons. The summed E-state index contributed by atoms with van der Waals surface area (Å²) in [5.74, 6) is 2.16. The number of halogens is 1. The third kappa shape index (κ3) is 7.25. The van der Waals surface area contributed by atoms with E-state index in [1.165, 1.54) is 12.8 Å². The van der Waals surface area contributed by atoms with Crippen molar-refractivity contribution in [2.45, 2.75) is 52.0 Å².